The first-order valence-electron chi connectivity index (χ1n) is 11.9. The van der Waals surface area contributed by atoms with Gasteiger partial charge in [-0.15, -0.1) is 0 Å². The number of likely N-dealkylation sites (N-methyl/N-ethyl adjacent to an activating group) is 1. The smallest absolute Gasteiger partial charge is 0.138 e. The number of aromatic amines is 2. The highest BCUT2D eigenvalue weighted by atomic mass is 125. The van der Waals surface area contributed by atoms with Crippen LogP contribution in [0, 0.1) is 3.57 Å². The van der Waals surface area contributed by atoms with Gasteiger partial charge in [-0.05, 0) is 91.2 Å². The Morgan fingerprint density at radius 3 is 2.14 bits per heavy atom. The molecule has 3 heterocycles. The molecule has 6 rings (SSSR count). The van der Waals surface area contributed by atoms with Crippen LogP contribution < -0.4 is 9.64 Å². The van der Waals surface area contributed by atoms with Crippen LogP contribution in [0.1, 0.15) is 6.92 Å². The standard InChI is InChI=1S/C27H27IN6O/c1-3-35-25-9-5-17(14-20(25)28)26-29-21-7-4-18(15-23(21)31-26)27-30-22-8-6-19(16-24(22)32-27)34-12-10-33(2)11-13-34/h4-9,14-16H,3,10-13H2,1-2H3,(H,29,31)(H,30,32)/i28-2. The number of imidazole rings is 2. The largest absolute Gasteiger partial charge is 0.493 e. The molecule has 2 aromatic heterocycles. The Hall–Kier alpha value is -3.11. The molecule has 178 valence electrons. The van der Waals surface area contributed by atoms with Crippen LogP contribution in [-0.4, -0.2) is 64.7 Å². The Bertz CT molecular complexity index is 1520. The van der Waals surface area contributed by atoms with Crippen molar-refractivity contribution in [2.45, 2.75) is 6.92 Å². The molecule has 7 nitrogen and oxygen atoms in total. The fourth-order valence-electron chi connectivity index (χ4n) is 4.61. The second kappa shape index (κ2) is 9.16. The minimum Gasteiger partial charge on any atom is -0.493 e. The molecule has 35 heavy (non-hydrogen) atoms. The topological polar surface area (TPSA) is 73.1 Å². The molecule has 0 atom stereocenters. The molecule has 0 bridgehead atoms. The van der Waals surface area contributed by atoms with E-state index in [4.69, 9.17) is 14.7 Å². The third-order valence-corrected chi connectivity index (χ3v) is 7.44. The molecule has 5 aromatic rings. The number of hydrogen-bond donors (Lipinski definition) is 2. The minimum absolute atomic E-state index is 0.654. The van der Waals surface area contributed by atoms with Crippen LogP contribution in [0.5, 0.6) is 5.75 Å². The van der Waals surface area contributed by atoms with Gasteiger partial charge in [0, 0.05) is 43.0 Å². The van der Waals surface area contributed by atoms with Gasteiger partial charge >= 0.3 is 0 Å². The fraction of sp³-hybridized carbons (Fsp3) is 0.259. The van der Waals surface area contributed by atoms with E-state index in [1.165, 1.54) is 5.69 Å². The summed E-state index contributed by atoms with van der Waals surface area (Å²) < 4.78 is 6.74. The first kappa shape index (κ1) is 22.4. The summed E-state index contributed by atoms with van der Waals surface area (Å²) in [4.78, 5) is 21.5. The lowest BCUT2D eigenvalue weighted by atomic mass is 10.2. The van der Waals surface area contributed by atoms with Crippen molar-refractivity contribution in [3.63, 3.8) is 0 Å². The van der Waals surface area contributed by atoms with Gasteiger partial charge in [-0.1, -0.05) is 0 Å². The Morgan fingerprint density at radius 2 is 1.46 bits per heavy atom. The SMILES string of the molecule is CCOc1ccc(-c2nc3ccc(-c4nc5ccc(N6CCN(C)CC6)cc5[nH]4)cc3[nH]2)cc1[125I]. The van der Waals surface area contributed by atoms with Gasteiger partial charge in [0.25, 0.3) is 0 Å². The summed E-state index contributed by atoms with van der Waals surface area (Å²) in [5, 5.41) is 0. The molecule has 8 heteroatoms. The summed E-state index contributed by atoms with van der Waals surface area (Å²) in [6.07, 6.45) is 0. The predicted molar refractivity (Wildman–Crippen MR) is 150 cm³/mol. The van der Waals surface area contributed by atoms with Gasteiger partial charge in [-0.25, -0.2) is 9.97 Å². The van der Waals surface area contributed by atoms with Crippen molar-refractivity contribution in [3.8, 4) is 28.5 Å². The van der Waals surface area contributed by atoms with E-state index in [0.717, 1.165) is 80.3 Å². The van der Waals surface area contributed by atoms with E-state index in [-0.39, 0.29) is 0 Å². The predicted octanol–water partition coefficient (Wildman–Crippen LogP) is 5.53. The van der Waals surface area contributed by atoms with Crippen LogP contribution in [0.3, 0.4) is 0 Å². The summed E-state index contributed by atoms with van der Waals surface area (Å²) in [5.41, 5.74) is 7.28. The maximum Gasteiger partial charge on any atom is 0.138 e. The van der Waals surface area contributed by atoms with Crippen molar-refractivity contribution in [1.29, 1.82) is 0 Å². The number of anilines is 1. The lowest BCUT2D eigenvalue weighted by molar-refractivity contribution is 0.313. The summed E-state index contributed by atoms with van der Waals surface area (Å²) >= 11 is 2.31. The summed E-state index contributed by atoms with van der Waals surface area (Å²) in [6.45, 7) is 6.93. The highest BCUT2D eigenvalue weighted by Gasteiger charge is 2.16. The number of fused-ring (bicyclic) bond motifs is 2. The quantitative estimate of drug-likeness (QED) is 0.270. The number of H-pyrrole nitrogens is 2. The van der Waals surface area contributed by atoms with Crippen LogP contribution >= 0.6 is 22.6 Å². The number of hydrogen-bond acceptors (Lipinski definition) is 5. The fourth-order valence-corrected chi connectivity index (χ4v) is 5.28. The average molecular weight is 576 g/mol. The van der Waals surface area contributed by atoms with Gasteiger partial charge in [-0.3, -0.25) is 0 Å². The zero-order valence-electron chi connectivity index (χ0n) is 19.8. The summed E-state index contributed by atoms with van der Waals surface area (Å²) in [7, 11) is 2.18. The number of halogens is 1. The molecule has 1 fully saturated rings. The van der Waals surface area contributed by atoms with Crippen LogP contribution in [0.2, 0.25) is 0 Å². The molecule has 0 saturated carbocycles. The number of nitrogens with one attached hydrogen (secondary N) is 2. The molecular weight excluding hydrogens is 549 g/mol. The molecular formula is C27H27IN6O. The van der Waals surface area contributed by atoms with E-state index in [1.807, 2.05) is 25.1 Å². The molecule has 2 N–H and O–H groups in total. The van der Waals surface area contributed by atoms with E-state index in [0.29, 0.717) is 6.61 Å². The first-order chi connectivity index (χ1) is 17.1. The van der Waals surface area contributed by atoms with Crippen molar-refractivity contribution >= 4 is 50.3 Å². The molecule has 1 aliphatic rings. The van der Waals surface area contributed by atoms with Gasteiger partial charge in [-0.2, -0.15) is 0 Å². The number of nitrogens with zero attached hydrogens (tertiary/aromatic N) is 4. The molecule has 1 aliphatic heterocycles. The lowest BCUT2D eigenvalue weighted by Gasteiger charge is -2.34. The Morgan fingerprint density at radius 1 is 0.829 bits per heavy atom. The Labute approximate surface area is 217 Å². The van der Waals surface area contributed by atoms with Crippen LogP contribution in [0.25, 0.3) is 44.8 Å². The molecule has 1 saturated heterocycles. The average Bonchev–Trinajstić information content (AvgIpc) is 3.49. The van der Waals surface area contributed by atoms with Gasteiger partial charge in [0.15, 0.2) is 0 Å². The molecule has 0 aliphatic carbocycles. The van der Waals surface area contributed by atoms with Gasteiger partial charge in [0.2, 0.25) is 0 Å². The molecule has 0 radical (unpaired) electrons. The number of ether oxygens (including phenoxy) is 1. The van der Waals surface area contributed by atoms with Crippen LogP contribution in [-0.2, 0) is 0 Å². The normalized spacial score (nSPS) is 14.8. The van der Waals surface area contributed by atoms with E-state index in [2.05, 4.69) is 85.8 Å². The molecule has 3 aromatic carbocycles. The van der Waals surface area contributed by atoms with Gasteiger partial charge < -0.3 is 24.5 Å². The van der Waals surface area contributed by atoms with Crippen molar-refractivity contribution in [2.75, 3.05) is 44.7 Å². The highest BCUT2D eigenvalue weighted by Crippen LogP contribution is 2.30. The maximum absolute atomic E-state index is 5.67. The maximum atomic E-state index is 5.67. The Balaban J connectivity index is 1.30. The third-order valence-electron chi connectivity index (χ3n) is 6.59. The lowest BCUT2D eigenvalue weighted by Crippen LogP contribution is -2.44. The monoisotopic (exact) mass is 576 g/mol. The molecule has 0 unspecified atom stereocenters. The second-order valence-electron chi connectivity index (χ2n) is 8.97. The van der Waals surface area contributed by atoms with E-state index < -0.39 is 0 Å². The second-order valence-corrected chi connectivity index (χ2v) is 10.1. The van der Waals surface area contributed by atoms with Crippen molar-refractivity contribution in [3.05, 3.63) is 58.2 Å². The van der Waals surface area contributed by atoms with Crippen LogP contribution in [0.15, 0.2) is 54.6 Å². The minimum atomic E-state index is 0.654. The van der Waals surface area contributed by atoms with Gasteiger partial charge in [0.1, 0.15) is 17.4 Å². The van der Waals surface area contributed by atoms with Crippen LogP contribution in [0.4, 0.5) is 5.69 Å². The van der Waals surface area contributed by atoms with Crippen molar-refractivity contribution in [2.24, 2.45) is 0 Å². The zero-order valence-corrected chi connectivity index (χ0v) is 22.0. The number of rotatable bonds is 5. The third kappa shape index (κ3) is 4.36. The molecule has 0 spiro atoms. The van der Waals surface area contributed by atoms with Crippen molar-refractivity contribution < 1.29 is 4.74 Å². The Kier molecular flexibility index (Phi) is 5.85. The summed E-state index contributed by atoms with van der Waals surface area (Å²) in [6, 6.07) is 18.9. The number of benzene rings is 3. The molecule has 0 amide bonds. The van der Waals surface area contributed by atoms with E-state index >= 15 is 0 Å². The van der Waals surface area contributed by atoms with E-state index in [9.17, 15) is 0 Å². The first-order valence-corrected chi connectivity index (χ1v) is 13.0. The highest BCUT2D eigenvalue weighted by molar-refractivity contribution is 14.1. The van der Waals surface area contributed by atoms with E-state index in [1.54, 1.807) is 0 Å². The summed E-state index contributed by atoms with van der Waals surface area (Å²) in [5.74, 6) is 2.61. The zero-order chi connectivity index (χ0) is 23.9. The van der Waals surface area contributed by atoms with Gasteiger partial charge in [0.05, 0.1) is 32.2 Å². The van der Waals surface area contributed by atoms with Crippen molar-refractivity contribution in [1.82, 2.24) is 24.8 Å². The number of piperazine rings is 1. The number of aromatic nitrogens is 4.